The zero-order valence-corrected chi connectivity index (χ0v) is 10.8. The first-order chi connectivity index (χ1) is 9.24. The van der Waals surface area contributed by atoms with Gasteiger partial charge in [0.1, 0.15) is 24.2 Å². The number of ether oxygens (including phenoxy) is 1. The van der Waals surface area contributed by atoms with Crippen LogP contribution >= 0.6 is 11.6 Å². The molecule has 4 heteroatoms. The first kappa shape index (κ1) is 13.4. The molecule has 0 amide bonds. The summed E-state index contributed by atoms with van der Waals surface area (Å²) in [7, 11) is 0. The molecule has 0 unspecified atom stereocenters. The molecule has 0 heterocycles. The lowest BCUT2D eigenvalue weighted by molar-refractivity contribution is 0.303. The summed E-state index contributed by atoms with van der Waals surface area (Å²) in [6.07, 6.45) is 0. The quantitative estimate of drug-likeness (QED) is 0.790. The topological polar surface area (TPSA) is 33.0 Å². The summed E-state index contributed by atoms with van der Waals surface area (Å²) in [5.74, 6) is 0.538. The molecule has 0 N–H and O–H groups in total. The van der Waals surface area contributed by atoms with Crippen molar-refractivity contribution in [2.45, 2.75) is 12.5 Å². The summed E-state index contributed by atoms with van der Waals surface area (Å²) in [5, 5.41) is 8.76. The maximum atomic E-state index is 13.2. The number of nitriles is 1. The van der Waals surface area contributed by atoms with Gasteiger partial charge < -0.3 is 4.74 Å². The molecule has 2 nitrogen and oxygen atoms in total. The Balaban J connectivity index is 2.13. The van der Waals surface area contributed by atoms with Gasteiger partial charge in [-0.05, 0) is 23.8 Å². The molecule has 0 aromatic heterocycles. The first-order valence-corrected chi connectivity index (χ1v) is 6.23. The predicted octanol–water partition coefficient (Wildman–Crippen LogP) is 4.02. The van der Waals surface area contributed by atoms with Crippen LogP contribution in [0.4, 0.5) is 4.39 Å². The minimum absolute atomic E-state index is 0.0201. The fourth-order valence-corrected chi connectivity index (χ4v) is 1.88. The van der Waals surface area contributed by atoms with Gasteiger partial charge in [0, 0.05) is 5.56 Å². The second-order valence-corrected chi connectivity index (χ2v) is 4.22. The number of alkyl halides is 1. The van der Waals surface area contributed by atoms with Crippen molar-refractivity contribution in [3.05, 3.63) is 65.0 Å². The SMILES string of the molecule is N#Cc1cc(COc2ccccc2CCl)ccc1F. The molecule has 0 aliphatic heterocycles. The molecule has 0 aliphatic carbocycles. The largest absolute Gasteiger partial charge is 0.489 e. The Kier molecular flexibility index (Phi) is 4.38. The van der Waals surface area contributed by atoms with Gasteiger partial charge in [0.25, 0.3) is 0 Å². The Morgan fingerprint density at radius 3 is 2.74 bits per heavy atom. The van der Waals surface area contributed by atoms with Gasteiger partial charge in [0.15, 0.2) is 0 Å². The number of hydrogen-bond donors (Lipinski definition) is 0. The smallest absolute Gasteiger partial charge is 0.140 e. The Bertz CT molecular complexity index is 622. The summed E-state index contributed by atoms with van der Waals surface area (Å²) in [6.45, 7) is 0.267. The van der Waals surface area contributed by atoms with Crippen molar-refractivity contribution < 1.29 is 9.13 Å². The van der Waals surface area contributed by atoms with Crippen LogP contribution in [0.3, 0.4) is 0 Å². The third kappa shape index (κ3) is 3.24. The Morgan fingerprint density at radius 1 is 1.21 bits per heavy atom. The van der Waals surface area contributed by atoms with E-state index in [0.29, 0.717) is 11.6 Å². The van der Waals surface area contributed by atoms with E-state index in [0.717, 1.165) is 11.1 Å². The molecule has 19 heavy (non-hydrogen) atoms. The molecule has 0 atom stereocenters. The molecular formula is C15H11ClFNO. The molecule has 0 aliphatic rings. The minimum Gasteiger partial charge on any atom is -0.489 e. The number of nitrogens with zero attached hydrogens (tertiary/aromatic N) is 1. The summed E-state index contributed by atoms with van der Waals surface area (Å²) >= 11 is 5.81. The van der Waals surface area contributed by atoms with Crippen molar-refractivity contribution in [3.8, 4) is 11.8 Å². The number of hydrogen-bond acceptors (Lipinski definition) is 2. The van der Waals surface area contributed by atoms with Crippen molar-refractivity contribution >= 4 is 11.6 Å². The lowest BCUT2D eigenvalue weighted by Gasteiger charge is -2.10. The van der Waals surface area contributed by atoms with E-state index in [-0.39, 0.29) is 12.2 Å². The van der Waals surface area contributed by atoms with Crippen LogP contribution < -0.4 is 4.74 Å². The van der Waals surface area contributed by atoms with Gasteiger partial charge >= 0.3 is 0 Å². The first-order valence-electron chi connectivity index (χ1n) is 5.70. The average molecular weight is 276 g/mol. The van der Waals surface area contributed by atoms with E-state index in [2.05, 4.69) is 0 Å². The number of benzene rings is 2. The summed E-state index contributed by atoms with van der Waals surface area (Å²) in [5.41, 5.74) is 1.65. The summed E-state index contributed by atoms with van der Waals surface area (Å²) in [6, 6.07) is 13.6. The highest BCUT2D eigenvalue weighted by molar-refractivity contribution is 6.17. The molecule has 0 saturated heterocycles. The lowest BCUT2D eigenvalue weighted by Crippen LogP contribution is -1.99. The maximum Gasteiger partial charge on any atom is 0.140 e. The molecule has 2 rings (SSSR count). The average Bonchev–Trinajstić information content (AvgIpc) is 2.46. The van der Waals surface area contributed by atoms with Gasteiger partial charge in [-0.2, -0.15) is 5.26 Å². The van der Waals surface area contributed by atoms with E-state index in [9.17, 15) is 4.39 Å². The normalized spacial score (nSPS) is 9.95. The maximum absolute atomic E-state index is 13.2. The van der Waals surface area contributed by atoms with Crippen molar-refractivity contribution in [2.24, 2.45) is 0 Å². The Labute approximate surface area is 116 Å². The van der Waals surface area contributed by atoms with Crippen LogP contribution in [-0.2, 0) is 12.5 Å². The third-order valence-corrected chi connectivity index (χ3v) is 2.95. The van der Waals surface area contributed by atoms with Crippen LogP contribution in [0, 0.1) is 17.1 Å². The van der Waals surface area contributed by atoms with Crippen LogP contribution in [0.2, 0.25) is 0 Å². The predicted molar refractivity (Wildman–Crippen MR) is 71.4 cm³/mol. The molecule has 0 spiro atoms. The van der Waals surface area contributed by atoms with Gasteiger partial charge in [0.2, 0.25) is 0 Å². The van der Waals surface area contributed by atoms with E-state index < -0.39 is 5.82 Å². The van der Waals surface area contributed by atoms with Crippen LogP contribution in [-0.4, -0.2) is 0 Å². The Morgan fingerprint density at radius 2 is 2.00 bits per heavy atom. The van der Waals surface area contributed by atoms with Gasteiger partial charge in [-0.25, -0.2) is 4.39 Å². The summed E-state index contributed by atoms with van der Waals surface area (Å²) in [4.78, 5) is 0. The minimum atomic E-state index is -0.521. The second-order valence-electron chi connectivity index (χ2n) is 3.96. The Hall–Kier alpha value is -2.05. The number of halogens is 2. The molecule has 0 radical (unpaired) electrons. The molecule has 0 bridgehead atoms. The van der Waals surface area contributed by atoms with Gasteiger partial charge in [0.05, 0.1) is 11.4 Å². The van der Waals surface area contributed by atoms with E-state index >= 15 is 0 Å². The van der Waals surface area contributed by atoms with Crippen LogP contribution in [0.15, 0.2) is 42.5 Å². The van der Waals surface area contributed by atoms with Crippen molar-refractivity contribution in [1.29, 1.82) is 5.26 Å². The van der Waals surface area contributed by atoms with Gasteiger partial charge in [-0.15, -0.1) is 11.6 Å². The van der Waals surface area contributed by atoms with E-state index in [1.54, 1.807) is 12.1 Å². The highest BCUT2D eigenvalue weighted by atomic mass is 35.5. The van der Waals surface area contributed by atoms with Crippen LogP contribution in [0.1, 0.15) is 16.7 Å². The van der Waals surface area contributed by atoms with E-state index in [1.165, 1.54) is 12.1 Å². The lowest BCUT2D eigenvalue weighted by atomic mass is 10.1. The molecule has 96 valence electrons. The van der Waals surface area contributed by atoms with Crippen LogP contribution in [0.25, 0.3) is 0 Å². The highest BCUT2D eigenvalue weighted by Gasteiger charge is 2.05. The monoisotopic (exact) mass is 275 g/mol. The fraction of sp³-hybridized carbons (Fsp3) is 0.133. The molecule has 2 aromatic carbocycles. The summed E-state index contributed by atoms with van der Waals surface area (Å²) < 4.78 is 18.8. The van der Waals surface area contributed by atoms with Crippen molar-refractivity contribution in [2.75, 3.05) is 0 Å². The second kappa shape index (κ2) is 6.21. The highest BCUT2D eigenvalue weighted by Crippen LogP contribution is 2.21. The van der Waals surface area contributed by atoms with E-state index in [1.807, 2.05) is 24.3 Å². The molecule has 0 saturated carbocycles. The van der Waals surface area contributed by atoms with Crippen LogP contribution in [0.5, 0.6) is 5.75 Å². The third-order valence-electron chi connectivity index (χ3n) is 2.66. The number of rotatable bonds is 4. The van der Waals surface area contributed by atoms with Crippen molar-refractivity contribution in [3.63, 3.8) is 0 Å². The number of para-hydroxylation sites is 1. The molecule has 2 aromatic rings. The fourth-order valence-electron chi connectivity index (χ4n) is 1.66. The van der Waals surface area contributed by atoms with E-state index in [4.69, 9.17) is 21.6 Å². The molecule has 0 fully saturated rings. The molecular weight excluding hydrogens is 265 g/mol. The zero-order valence-electron chi connectivity index (χ0n) is 10.1. The standard InChI is InChI=1S/C15H11ClFNO/c16-8-12-3-1-2-4-15(12)19-10-11-5-6-14(17)13(7-11)9-18/h1-7H,8,10H2. The van der Waals surface area contributed by atoms with Crippen molar-refractivity contribution in [1.82, 2.24) is 0 Å². The van der Waals surface area contributed by atoms with Gasteiger partial charge in [-0.3, -0.25) is 0 Å². The van der Waals surface area contributed by atoms with Gasteiger partial charge in [-0.1, -0.05) is 24.3 Å². The zero-order chi connectivity index (χ0) is 13.7.